The molecule has 0 atom stereocenters. The van der Waals surface area contributed by atoms with Crippen molar-refractivity contribution in [3.63, 3.8) is 0 Å². The lowest BCUT2D eigenvalue weighted by atomic mass is 9.95. The van der Waals surface area contributed by atoms with Crippen molar-refractivity contribution in [2.24, 2.45) is 0 Å². The van der Waals surface area contributed by atoms with Gasteiger partial charge in [-0.1, -0.05) is 40.5 Å². The first kappa shape index (κ1) is 13.5. The molecular formula is C10H24O. The fourth-order valence-corrected chi connectivity index (χ4v) is 1.20. The van der Waals surface area contributed by atoms with Crippen LogP contribution in [0.15, 0.2) is 0 Å². The summed E-state index contributed by atoms with van der Waals surface area (Å²) in [7, 11) is 0. The number of hydrogen-bond acceptors (Lipinski definition) is 1. The van der Waals surface area contributed by atoms with E-state index in [9.17, 15) is 5.11 Å². The van der Waals surface area contributed by atoms with Crippen LogP contribution in [0.4, 0.5) is 0 Å². The van der Waals surface area contributed by atoms with Gasteiger partial charge in [-0.25, -0.2) is 0 Å². The molecule has 0 radical (unpaired) electrons. The standard InChI is InChI=1S/C8H18O.C2H6/c1-4-6-8(3,9)7-5-2;1-2/h9H,4-7H2,1-3H3;1-2H3. The van der Waals surface area contributed by atoms with Crippen molar-refractivity contribution in [2.75, 3.05) is 0 Å². The van der Waals surface area contributed by atoms with Crippen LogP contribution in [0, 0.1) is 0 Å². The quantitative estimate of drug-likeness (QED) is 0.668. The molecule has 0 aliphatic rings. The van der Waals surface area contributed by atoms with Crippen LogP contribution in [0.25, 0.3) is 0 Å². The Labute approximate surface area is 71.8 Å². The Morgan fingerprint density at radius 2 is 1.27 bits per heavy atom. The molecule has 1 heteroatoms. The van der Waals surface area contributed by atoms with E-state index in [2.05, 4.69) is 13.8 Å². The highest BCUT2D eigenvalue weighted by Crippen LogP contribution is 2.17. The van der Waals surface area contributed by atoms with Crippen LogP contribution in [-0.2, 0) is 0 Å². The molecular weight excluding hydrogens is 136 g/mol. The maximum absolute atomic E-state index is 9.51. The normalized spacial score (nSPS) is 10.4. The number of hydrogen-bond donors (Lipinski definition) is 1. The Kier molecular flexibility index (Phi) is 9.92. The van der Waals surface area contributed by atoms with Crippen molar-refractivity contribution < 1.29 is 5.11 Å². The van der Waals surface area contributed by atoms with E-state index in [4.69, 9.17) is 0 Å². The molecule has 0 fully saturated rings. The second-order valence-electron chi connectivity index (χ2n) is 3.00. The van der Waals surface area contributed by atoms with Crippen LogP contribution in [0.3, 0.4) is 0 Å². The van der Waals surface area contributed by atoms with Gasteiger partial charge in [-0.05, 0) is 19.8 Å². The highest BCUT2D eigenvalue weighted by Gasteiger charge is 2.16. The van der Waals surface area contributed by atoms with Gasteiger partial charge in [0.25, 0.3) is 0 Å². The summed E-state index contributed by atoms with van der Waals surface area (Å²) in [5.74, 6) is 0. The maximum atomic E-state index is 9.51. The average molecular weight is 160 g/mol. The summed E-state index contributed by atoms with van der Waals surface area (Å²) in [6.45, 7) is 10.1. The number of aliphatic hydroxyl groups is 1. The molecule has 0 aromatic carbocycles. The summed E-state index contributed by atoms with van der Waals surface area (Å²) >= 11 is 0. The molecule has 0 heterocycles. The first-order valence-electron chi connectivity index (χ1n) is 4.84. The zero-order valence-electron chi connectivity index (χ0n) is 8.78. The molecule has 0 aromatic rings. The van der Waals surface area contributed by atoms with Gasteiger partial charge >= 0.3 is 0 Å². The number of rotatable bonds is 4. The predicted octanol–water partition coefficient (Wildman–Crippen LogP) is 3.36. The second kappa shape index (κ2) is 8.06. The molecule has 1 nitrogen and oxygen atoms in total. The van der Waals surface area contributed by atoms with E-state index in [1.165, 1.54) is 0 Å². The summed E-state index contributed by atoms with van der Waals surface area (Å²) < 4.78 is 0. The lowest BCUT2D eigenvalue weighted by Crippen LogP contribution is -2.22. The van der Waals surface area contributed by atoms with Crippen molar-refractivity contribution in [3.05, 3.63) is 0 Å². The minimum atomic E-state index is -0.399. The Morgan fingerprint density at radius 3 is 1.45 bits per heavy atom. The van der Waals surface area contributed by atoms with Gasteiger partial charge in [0.05, 0.1) is 5.60 Å². The van der Waals surface area contributed by atoms with Crippen LogP contribution < -0.4 is 0 Å². The van der Waals surface area contributed by atoms with Gasteiger partial charge in [-0.2, -0.15) is 0 Å². The average Bonchev–Trinajstić information content (AvgIpc) is 1.91. The fraction of sp³-hybridized carbons (Fsp3) is 1.00. The summed E-state index contributed by atoms with van der Waals surface area (Å²) in [6, 6.07) is 0. The van der Waals surface area contributed by atoms with E-state index in [-0.39, 0.29) is 0 Å². The largest absolute Gasteiger partial charge is 0.390 e. The third-order valence-corrected chi connectivity index (χ3v) is 1.58. The molecule has 70 valence electrons. The van der Waals surface area contributed by atoms with Gasteiger partial charge in [0, 0.05) is 0 Å². The minimum Gasteiger partial charge on any atom is -0.390 e. The molecule has 0 amide bonds. The van der Waals surface area contributed by atoms with Crippen LogP contribution in [0.5, 0.6) is 0 Å². The monoisotopic (exact) mass is 160 g/mol. The van der Waals surface area contributed by atoms with Gasteiger partial charge < -0.3 is 5.11 Å². The molecule has 0 aromatic heterocycles. The molecule has 0 rings (SSSR count). The van der Waals surface area contributed by atoms with Crippen LogP contribution >= 0.6 is 0 Å². The molecule has 0 unspecified atom stereocenters. The van der Waals surface area contributed by atoms with Gasteiger partial charge in [-0.15, -0.1) is 0 Å². The van der Waals surface area contributed by atoms with E-state index < -0.39 is 5.60 Å². The molecule has 1 N–H and O–H groups in total. The first-order chi connectivity index (χ1) is 5.12. The van der Waals surface area contributed by atoms with E-state index >= 15 is 0 Å². The summed E-state index contributed by atoms with van der Waals surface area (Å²) in [4.78, 5) is 0. The molecule has 0 aliphatic carbocycles. The minimum absolute atomic E-state index is 0.399. The Balaban J connectivity index is 0. The highest BCUT2D eigenvalue weighted by atomic mass is 16.3. The lowest BCUT2D eigenvalue weighted by Gasteiger charge is -2.21. The van der Waals surface area contributed by atoms with Crippen molar-refractivity contribution in [2.45, 2.75) is 65.9 Å². The zero-order valence-corrected chi connectivity index (χ0v) is 8.78. The van der Waals surface area contributed by atoms with Gasteiger partial charge in [0.1, 0.15) is 0 Å². The van der Waals surface area contributed by atoms with Crippen molar-refractivity contribution in [1.29, 1.82) is 0 Å². The smallest absolute Gasteiger partial charge is 0.0619 e. The van der Waals surface area contributed by atoms with Gasteiger partial charge in [0.15, 0.2) is 0 Å². The zero-order chi connectivity index (χ0) is 9.33. The van der Waals surface area contributed by atoms with Crippen LogP contribution in [0.1, 0.15) is 60.3 Å². The van der Waals surface area contributed by atoms with E-state index in [1.54, 1.807) is 0 Å². The Bertz CT molecular complexity index is 59.3. The lowest BCUT2D eigenvalue weighted by molar-refractivity contribution is 0.0406. The fourth-order valence-electron chi connectivity index (χ4n) is 1.20. The first-order valence-corrected chi connectivity index (χ1v) is 4.84. The molecule has 11 heavy (non-hydrogen) atoms. The van der Waals surface area contributed by atoms with E-state index in [1.807, 2.05) is 20.8 Å². The summed E-state index contributed by atoms with van der Waals surface area (Å²) in [6.07, 6.45) is 4.02. The van der Waals surface area contributed by atoms with Gasteiger partial charge in [0.2, 0.25) is 0 Å². The van der Waals surface area contributed by atoms with Crippen molar-refractivity contribution >= 4 is 0 Å². The maximum Gasteiger partial charge on any atom is 0.0619 e. The molecule has 0 saturated heterocycles. The molecule has 0 bridgehead atoms. The SMILES string of the molecule is CC.CCCC(C)(O)CCC. The predicted molar refractivity (Wildman–Crippen MR) is 51.8 cm³/mol. The van der Waals surface area contributed by atoms with Crippen LogP contribution in [-0.4, -0.2) is 10.7 Å². The van der Waals surface area contributed by atoms with Gasteiger partial charge in [-0.3, -0.25) is 0 Å². The van der Waals surface area contributed by atoms with E-state index in [0.29, 0.717) is 0 Å². The second-order valence-corrected chi connectivity index (χ2v) is 3.00. The van der Waals surface area contributed by atoms with Crippen LogP contribution in [0.2, 0.25) is 0 Å². The molecule has 0 saturated carbocycles. The third-order valence-electron chi connectivity index (χ3n) is 1.58. The van der Waals surface area contributed by atoms with Crippen molar-refractivity contribution in [1.82, 2.24) is 0 Å². The topological polar surface area (TPSA) is 20.2 Å². The Morgan fingerprint density at radius 1 is 1.00 bits per heavy atom. The molecule has 0 aliphatic heterocycles. The molecule has 0 spiro atoms. The highest BCUT2D eigenvalue weighted by molar-refractivity contribution is 4.69. The van der Waals surface area contributed by atoms with E-state index in [0.717, 1.165) is 25.7 Å². The summed E-state index contributed by atoms with van der Waals surface area (Å²) in [5, 5.41) is 9.51. The third kappa shape index (κ3) is 9.96. The van der Waals surface area contributed by atoms with Crippen molar-refractivity contribution in [3.8, 4) is 0 Å². The summed E-state index contributed by atoms with van der Waals surface area (Å²) in [5.41, 5.74) is -0.399. The Hall–Kier alpha value is -0.0400.